The molecule has 118 valence electrons. The van der Waals surface area contributed by atoms with Gasteiger partial charge in [0, 0.05) is 24.8 Å². The molecular formula is C14H19F3N2O2. The molecule has 1 aromatic carbocycles. The molecular weight excluding hydrogens is 285 g/mol. The summed E-state index contributed by atoms with van der Waals surface area (Å²) in [6, 6.07) is 3.42. The molecule has 0 spiro atoms. The summed E-state index contributed by atoms with van der Waals surface area (Å²) in [5.74, 6) is -0.560. The third-order valence-electron chi connectivity index (χ3n) is 2.70. The van der Waals surface area contributed by atoms with Gasteiger partial charge in [0.1, 0.15) is 0 Å². The molecule has 1 aromatic rings. The van der Waals surface area contributed by atoms with E-state index >= 15 is 0 Å². The Bertz CT molecular complexity index is 488. The number of halogens is 3. The Morgan fingerprint density at radius 1 is 1.33 bits per heavy atom. The highest BCUT2D eigenvalue weighted by molar-refractivity contribution is 5.95. The Hall–Kier alpha value is -1.76. The van der Waals surface area contributed by atoms with E-state index in [4.69, 9.17) is 4.74 Å². The maximum atomic E-state index is 12.9. The van der Waals surface area contributed by atoms with Crippen LogP contribution in [0.5, 0.6) is 0 Å². The first kappa shape index (κ1) is 17.3. The van der Waals surface area contributed by atoms with Gasteiger partial charge in [-0.05, 0) is 32.0 Å². The van der Waals surface area contributed by atoms with Gasteiger partial charge in [0.25, 0.3) is 5.91 Å². The van der Waals surface area contributed by atoms with Crippen LogP contribution in [-0.2, 0) is 10.9 Å². The summed E-state index contributed by atoms with van der Waals surface area (Å²) in [4.78, 5) is 11.8. The molecule has 1 amide bonds. The van der Waals surface area contributed by atoms with Crippen LogP contribution in [-0.4, -0.2) is 32.2 Å². The zero-order chi connectivity index (χ0) is 16.0. The Kier molecular flexibility index (Phi) is 6.02. The van der Waals surface area contributed by atoms with E-state index in [1.54, 1.807) is 0 Å². The lowest BCUT2D eigenvalue weighted by Crippen LogP contribution is -2.28. The van der Waals surface area contributed by atoms with Crippen molar-refractivity contribution >= 4 is 11.6 Å². The number of carbonyl (C=O) groups is 1. The molecule has 0 aliphatic rings. The number of hydrogen-bond donors (Lipinski definition) is 2. The number of rotatable bonds is 6. The minimum Gasteiger partial charge on any atom is -0.388 e. The molecule has 0 unspecified atom stereocenters. The van der Waals surface area contributed by atoms with Crippen molar-refractivity contribution in [2.24, 2.45) is 0 Å². The first-order valence-corrected chi connectivity index (χ1v) is 6.54. The highest BCUT2D eigenvalue weighted by Gasteiger charge is 2.34. The molecule has 21 heavy (non-hydrogen) atoms. The minimum atomic E-state index is -4.52. The standard InChI is InChI=1S/C14H19F3N2O2/c1-9(2)21-7-6-19-13(20)10-4-5-12(18-3)11(8-10)14(15,16)17/h4-5,8-9,18H,6-7H2,1-3H3,(H,19,20). The van der Waals surface area contributed by atoms with E-state index in [0.717, 1.165) is 6.07 Å². The normalized spacial score (nSPS) is 11.6. The first-order valence-electron chi connectivity index (χ1n) is 6.54. The fraction of sp³-hybridized carbons (Fsp3) is 0.500. The minimum absolute atomic E-state index is 0.0358. The summed E-state index contributed by atoms with van der Waals surface area (Å²) in [6.07, 6.45) is -4.48. The number of nitrogens with one attached hydrogen (secondary N) is 2. The molecule has 0 atom stereocenters. The van der Waals surface area contributed by atoms with Gasteiger partial charge in [-0.3, -0.25) is 4.79 Å². The largest absolute Gasteiger partial charge is 0.418 e. The Balaban J connectivity index is 2.77. The molecule has 0 fully saturated rings. The van der Waals surface area contributed by atoms with Crippen molar-refractivity contribution in [3.63, 3.8) is 0 Å². The highest BCUT2D eigenvalue weighted by atomic mass is 19.4. The van der Waals surface area contributed by atoms with Crippen LogP contribution in [0.1, 0.15) is 29.8 Å². The van der Waals surface area contributed by atoms with Crippen LogP contribution in [0.3, 0.4) is 0 Å². The lowest BCUT2D eigenvalue weighted by atomic mass is 10.1. The molecule has 0 saturated carbocycles. The summed E-state index contributed by atoms with van der Waals surface area (Å²) >= 11 is 0. The van der Waals surface area contributed by atoms with Crippen LogP contribution < -0.4 is 10.6 Å². The third-order valence-corrected chi connectivity index (χ3v) is 2.70. The van der Waals surface area contributed by atoms with Crippen LogP contribution in [0, 0.1) is 0 Å². The summed E-state index contributed by atoms with van der Waals surface area (Å²) < 4.78 is 43.9. The molecule has 0 saturated heterocycles. The highest BCUT2D eigenvalue weighted by Crippen LogP contribution is 2.35. The van der Waals surface area contributed by atoms with E-state index in [1.165, 1.54) is 19.2 Å². The van der Waals surface area contributed by atoms with Gasteiger partial charge in [-0.25, -0.2) is 0 Å². The summed E-state index contributed by atoms with van der Waals surface area (Å²) in [5.41, 5.74) is -0.968. The number of benzene rings is 1. The van der Waals surface area contributed by atoms with Crippen molar-refractivity contribution in [3.8, 4) is 0 Å². The van der Waals surface area contributed by atoms with Crippen LogP contribution in [0.15, 0.2) is 18.2 Å². The Morgan fingerprint density at radius 2 is 2.00 bits per heavy atom. The average Bonchev–Trinajstić information content (AvgIpc) is 2.41. The van der Waals surface area contributed by atoms with Crippen LogP contribution in [0.25, 0.3) is 0 Å². The summed E-state index contributed by atoms with van der Waals surface area (Å²) in [7, 11) is 1.40. The van der Waals surface area contributed by atoms with Crippen molar-refractivity contribution in [2.75, 3.05) is 25.5 Å². The number of anilines is 1. The van der Waals surface area contributed by atoms with Crippen molar-refractivity contribution < 1.29 is 22.7 Å². The first-order chi connectivity index (χ1) is 9.75. The van der Waals surface area contributed by atoms with Crippen molar-refractivity contribution in [3.05, 3.63) is 29.3 Å². The number of carbonyl (C=O) groups excluding carboxylic acids is 1. The molecule has 0 aromatic heterocycles. The average molecular weight is 304 g/mol. The molecule has 0 bridgehead atoms. The Labute approximate surface area is 121 Å². The predicted octanol–water partition coefficient (Wildman–Crippen LogP) is 2.90. The van der Waals surface area contributed by atoms with E-state index in [1.807, 2.05) is 13.8 Å². The predicted molar refractivity (Wildman–Crippen MR) is 74.4 cm³/mol. The molecule has 2 N–H and O–H groups in total. The van der Waals surface area contributed by atoms with Gasteiger partial charge in [0.15, 0.2) is 0 Å². The van der Waals surface area contributed by atoms with Gasteiger partial charge in [0.2, 0.25) is 0 Å². The van der Waals surface area contributed by atoms with Gasteiger partial charge in [0.05, 0.1) is 18.3 Å². The molecule has 0 radical (unpaired) electrons. The zero-order valence-corrected chi connectivity index (χ0v) is 12.2. The Morgan fingerprint density at radius 3 is 2.52 bits per heavy atom. The topological polar surface area (TPSA) is 50.4 Å². The van der Waals surface area contributed by atoms with E-state index < -0.39 is 17.6 Å². The van der Waals surface area contributed by atoms with Gasteiger partial charge in [-0.2, -0.15) is 13.2 Å². The third kappa shape index (κ3) is 5.26. The molecule has 4 nitrogen and oxygen atoms in total. The van der Waals surface area contributed by atoms with E-state index in [9.17, 15) is 18.0 Å². The van der Waals surface area contributed by atoms with Crippen LogP contribution in [0.2, 0.25) is 0 Å². The quantitative estimate of drug-likeness (QED) is 0.795. The molecule has 0 aliphatic carbocycles. The number of hydrogen-bond acceptors (Lipinski definition) is 3. The van der Waals surface area contributed by atoms with E-state index in [-0.39, 0.29) is 23.9 Å². The van der Waals surface area contributed by atoms with Crippen molar-refractivity contribution in [2.45, 2.75) is 26.1 Å². The maximum absolute atomic E-state index is 12.9. The second kappa shape index (κ2) is 7.31. The van der Waals surface area contributed by atoms with Crippen molar-refractivity contribution in [1.29, 1.82) is 0 Å². The lowest BCUT2D eigenvalue weighted by Gasteiger charge is -2.14. The van der Waals surface area contributed by atoms with Crippen LogP contribution in [0.4, 0.5) is 18.9 Å². The SMILES string of the molecule is CNc1ccc(C(=O)NCCOC(C)C)cc1C(F)(F)F. The van der Waals surface area contributed by atoms with Gasteiger partial charge >= 0.3 is 6.18 Å². The number of ether oxygens (including phenoxy) is 1. The lowest BCUT2D eigenvalue weighted by molar-refractivity contribution is -0.136. The summed E-state index contributed by atoms with van der Waals surface area (Å²) in [5, 5.41) is 4.98. The second-order valence-corrected chi connectivity index (χ2v) is 4.68. The van der Waals surface area contributed by atoms with Crippen molar-refractivity contribution in [1.82, 2.24) is 5.32 Å². The van der Waals surface area contributed by atoms with Gasteiger partial charge in [-0.15, -0.1) is 0 Å². The molecule has 7 heteroatoms. The van der Waals surface area contributed by atoms with Gasteiger partial charge < -0.3 is 15.4 Å². The van der Waals surface area contributed by atoms with E-state index in [0.29, 0.717) is 6.61 Å². The fourth-order valence-corrected chi connectivity index (χ4v) is 1.70. The second-order valence-electron chi connectivity index (χ2n) is 4.68. The number of amides is 1. The molecule has 0 heterocycles. The van der Waals surface area contributed by atoms with E-state index in [2.05, 4.69) is 10.6 Å². The zero-order valence-electron chi connectivity index (χ0n) is 12.2. The maximum Gasteiger partial charge on any atom is 0.418 e. The van der Waals surface area contributed by atoms with Crippen LogP contribution >= 0.6 is 0 Å². The van der Waals surface area contributed by atoms with Gasteiger partial charge in [-0.1, -0.05) is 0 Å². The monoisotopic (exact) mass is 304 g/mol. The summed E-state index contributed by atoms with van der Waals surface area (Å²) in [6.45, 7) is 4.26. The molecule has 1 rings (SSSR count). The molecule has 0 aliphatic heterocycles. The smallest absolute Gasteiger partial charge is 0.388 e. The fourth-order valence-electron chi connectivity index (χ4n) is 1.70. The number of alkyl halides is 3.